The quantitative estimate of drug-likeness (QED) is 0.485. The minimum atomic E-state index is -1.11. The molecule has 64 valence electrons. The molecular weight excluding hydrogens is 148 g/mol. The molecule has 1 amide bonds. The summed E-state index contributed by atoms with van der Waals surface area (Å²) in [7, 11) is 0. The largest absolute Gasteiger partial charge is 0.480 e. The van der Waals surface area contributed by atoms with Crippen LogP contribution < -0.4 is 11.5 Å². The molecule has 0 unspecified atom stereocenters. The molecule has 0 fully saturated rings. The Balaban J connectivity index is 3.84. The number of carbonyl (C=O) groups is 2. The average molecular weight is 160 g/mol. The normalized spacial score (nSPS) is 15.5. The molecule has 2 atom stereocenters. The van der Waals surface area contributed by atoms with Crippen LogP contribution >= 0.6 is 0 Å². The molecule has 0 heterocycles. The smallest absolute Gasteiger partial charge is 0.320 e. The third kappa shape index (κ3) is 3.57. The van der Waals surface area contributed by atoms with Crippen LogP contribution in [0.1, 0.15) is 13.3 Å². The molecule has 0 saturated carbocycles. The fourth-order valence-electron chi connectivity index (χ4n) is 0.598. The van der Waals surface area contributed by atoms with Crippen LogP contribution in [-0.2, 0) is 9.59 Å². The molecule has 0 radical (unpaired) electrons. The number of carbonyl (C=O) groups excluding carboxylic acids is 1. The summed E-state index contributed by atoms with van der Waals surface area (Å²) in [6.07, 6.45) is 0.0880. The number of carboxylic acid groups (broad SMARTS) is 1. The van der Waals surface area contributed by atoms with Crippen molar-refractivity contribution in [3.05, 3.63) is 0 Å². The molecule has 0 aliphatic heterocycles. The summed E-state index contributed by atoms with van der Waals surface area (Å²) in [4.78, 5) is 20.6. The van der Waals surface area contributed by atoms with Gasteiger partial charge in [0, 0.05) is 5.92 Å². The van der Waals surface area contributed by atoms with Gasteiger partial charge in [-0.25, -0.2) is 0 Å². The van der Waals surface area contributed by atoms with Gasteiger partial charge in [0.15, 0.2) is 0 Å². The van der Waals surface area contributed by atoms with Crippen LogP contribution in [-0.4, -0.2) is 23.0 Å². The van der Waals surface area contributed by atoms with Crippen molar-refractivity contribution in [1.82, 2.24) is 0 Å². The van der Waals surface area contributed by atoms with Crippen molar-refractivity contribution in [2.75, 3.05) is 0 Å². The highest BCUT2D eigenvalue weighted by Crippen LogP contribution is 2.02. The first-order valence-electron chi connectivity index (χ1n) is 3.23. The van der Waals surface area contributed by atoms with Crippen LogP contribution in [0.2, 0.25) is 0 Å². The molecule has 5 N–H and O–H groups in total. The summed E-state index contributed by atoms with van der Waals surface area (Å²) in [5.74, 6) is -2.12. The molecule has 5 nitrogen and oxygen atoms in total. The Morgan fingerprint density at radius 2 is 2.00 bits per heavy atom. The van der Waals surface area contributed by atoms with Gasteiger partial charge in [-0.15, -0.1) is 0 Å². The van der Waals surface area contributed by atoms with Gasteiger partial charge < -0.3 is 16.6 Å². The van der Waals surface area contributed by atoms with Crippen LogP contribution in [0.3, 0.4) is 0 Å². The first-order chi connectivity index (χ1) is 4.95. The lowest BCUT2D eigenvalue weighted by atomic mass is 10.0. The maximum atomic E-state index is 10.4. The third-order valence-corrected chi connectivity index (χ3v) is 1.41. The van der Waals surface area contributed by atoms with Crippen molar-refractivity contribution in [2.24, 2.45) is 17.4 Å². The van der Waals surface area contributed by atoms with E-state index in [-0.39, 0.29) is 6.42 Å². The van der Waals surface area contributed by atoms with E-state index in [2.05, 4.69) is 0 Å². The average Bonchev–Trinajstić information content (AvgIpc) is 1.87. The molecular formula is C6H12N2O3. The number of nitrogens with two attached hydrogens (primary N) is 2. The fraction of sp³-hybridized carbons (Fsp3) is 0.667. The summed E-state index contributed by atoms with van der Waals surface area (Å²) < 4.78 is 0. The van der Waals surface area contributed by atoms with Crippen molar-refractivity contribution >= 4 is 11.9 Å². The first-order valence-corrected chi connectivity index (χ1v) is 3.23. The van der Waals surface area contributed by atoms with E-state index in [4.69, 9.17) is 16.6 Å². The van der Waals surface area contributed by atoms with Gasteiger partial charge in [0.1, 0.15) is 6.04 Å². The van der Waals surface area contributed by atoms with E-state index in [1.807, 2.05) is 0 Å². The molecule has 0 aliphatic carbocycles. The van der Waals surface area contributed by atoms with Crippen LogP contribution in [0.5, 0.6) is 0 Å². The maximum absolute atomic E-state index is 10.4. The third-order valence-electron chi connectivity index (χ3n) is 1.41. The molecule has 0 bridgehead atoms. The molecule has 0 aromatic carbocycles. The predicted molar refractivity (Wildman–Crippen MR) is 38.6 cm³/mol. The van der Waals surface area contributed by atoms with Gasteiger partial charge in [0.2, 0.25) is 5.91 Å². The Morgan fingerprint density at radius 3 is 2.27 bits per heavy atom. The maximum Gasteiger partial charge on any atom is 0.320 e. The molecule has 0 saturated heterocycles. The van der Waals surface area contributed by atoms with Gasteiger partial charge in [-0.3, -0.25) is 9.59 Å². The number of amides is 1. The van der Waals surface area contributed by atoms with Crippen LogP contribution in [0, 0.1) is 5.92 Å². The first kappa shape index (κ1) is 9.90. The molecule has 0 rings (SSSR count). The summed E-state index contributed by atoms with van der Waals surface area (Å²) in [6.45, 7) is 1.55. The van der Waals surface area contributed by atoms with E-state index in [0.717, 1.165) is 0 Å². The second kappa shape index (κ2) is 3.92. The Kier molecular flexibility index (Phi) is 3.53. The van der Waals surface area contributed by atoms with Gasteiger partial charge in [0.25, 0.3) is 0 Å². The van der Waals surface area contributed by atoms with Crippen LogP contribution in [0.25, 0.3) is 0 Å². The molecule has 0 aromatic rings. The lowest BCUT2D eigenvalue weighted by molar-refractivity contribution is -0.139. The molecule has 0 aromatic heterocycles. The molecule has 11 heavy (non-hydrogen) atoms. The number of hydrogen-bond acceptors (Lipinski definition) is 3. The number of aliphatic carboxylic acids is 1. The van der Waals surface area contributed by atoms with Crippen molar-refractivity contribution in [3.8, 4) is 0 Å². The zero-order chi connectivity index (χ0) is 9.02. The summed E-state index contributed by atoms with van der Waals surface area (Å²) >= 11 is 0. The van der Waals surface area contributed by atoms with Gasteiger partial charge in [-0.2, -0.15) is 0 Å². The topological polar surface area (TPSA) is 106 Å². The van der Waals surface area contributed by atoms with Crippen LogP contribution in [0.15, 0.2) is 0 Å². The van der Waals surface area contributed by atoms with Gasteiger partial charge in [-0.05, 0) is 6.42 Å². The molecule has 0 spiro atoms. The SMILES string of the molecule is C[C@@H](C[C@H](N)C(=O)O)C(N)=O. The van der Waals surface area contributed by atoms with E-state index in [9.17, 15) is 9.59 Å². The van der Waals surface area contributed by atoms with E-state index < -0.39 is 23.8 Å². The highest BCUT2D eigenvalue weighted by atomic mass is 16.4. The number of hydrogen-bond donors (Lipinski definition) is 3. The summed E-state index contributed by atoms with van der Waals surface area (Å²) in [6, 6.07) is -1.00. The monoisotopic (exact) mass is 160 g/mol. The second-order valence-corrected chi connectivity index (χ2v) is 2.48. The van der Waals surface area contributed by atoms with Crippen LogP contribution in [0.4, 0.5) is 0 Å². The highest BCUT2D eigenvalue weighted by Gasteiger charge is 2.18. The zero-order valence-electron chi connectivity index (χ0n) is 6.28. The summed E-state index contributed by atoms with van der Waals surface area (Å²) in [5, 5.41) is 8.34. The Bertz CT molecular complexity index is 151. The predicted octanol–water partition coefficient (Wildman–Crippen LogP) is -1.09. The van der Waals surface area contributed by atoms with Gasteiger partial charge >= 0.3 is 5.97 Å². The fourth-order valence-corrected chi connectivity index (χ4v) is 0.598. The summed E-state index contributed by atoms with van der Waals surface area (Å²) in [5.41, 5.74) is 10.0. The van der Waals surface area contributed by atoms with E-state index in [1.165, 1.54) is 0 Å². The van der Waals surface area contributed by atoms with E-state index in [0.29, 0.717) is 0 Å². The number of carboxylic acids is 1. The van der Waals surface area contributed by atoms with Gasteiger partial charge in [-0.1, -0.05) is 6.92 Å². The van der Waals surface area contributed by atoms with Crippen molar-refractivity contribution in [1.29, 1.82) is 0 Å². The lowest BCUT2D eigenvalue weighted by Gasteiger charge is -2.09. The molecule has 5 heteroatoms. The Morgan fingerprint density at radius 1 is 1.55 bits per heavy atom. The second-order valence-electron chi connectivity index (χ2n) is 2.48. The number of primary amides is 1. The van der Waals surface area contributed by atoms with Crippen molar-refractivity contribution in [2.45, 2.75) is 19.4 Å². The van der Waals surface area contributed by atoms with E-state index >= 15 is 0 Å². The minimum Gasteiger partial charge on any atom is -0.480 e. The van der Waals surface area contributed by atoms with E-state index in [1.54, 1.807) is 6.92 Å². The Hall–Kier alpha value is -1.10. The van der Waals surface area contributed by atoms with Crippen molar-refractivity contribution < 1.29 is 14.7 Å². The Labute approximate surface area is 64.4 Å². The minimum absolute atomic E-state index is 0.0880. The zero-order valence-corrected chi connectivity index (χ0v) is 6.28. The van der Waals surface area contributed by atoms with Gasteiger partial charge in [0.05, 0.1) is 0 Å². The standard InChI is InChI=1S/C6H12N2O3/c1-3(5(8)9)2-4(7)6(10)11/h3-4H,2,7H2,1H3,(H2,8,9)(H,10,11)/t3-,4-/m0/s1. The molecule has 0 aliphatic rings. The number of rotatable bonds is 4. The lowest BCUT2D eigenvalue weighted by Crippen LogP contribution is -2.35. The highest BCUT2D eigenvalue weighted by molar-refractivity contribution is 5.78. The van der Waals surface area contributed by atoms with Crippen molar-refractivity contribution in [3.63, 3.8) is 0 Å².